The summed E-state index contributed by atoms with van der Waals surface area (Å²) in [7, 11) is 0. The first kappa shape index (κ1) is 16.8. The molecule has 4 rings (SSSR count). The van der Waals surface area contributed by atoms with Crippen molar-refractivity contribution in [2.45, 2.75) is 39.0 Å². The van der Waals surface area contributed by atoms with Gasteiger partial charge in [0.1, 0.15) is 12.4 Å². The van der Waals surface area contributed by atoms with Crippen LogP contribution < -0.4 is 4.74 Å². The molecule has 0 unspecified atom stereocenters. The van der Waals surface area contributed by atoms with Crippen LogP contribution in [0.4, 0.5) is 0 Å². The van der Waals surface area contributed by atoms with E-state index < -0.39 is 0 Å². The SMILES string of the molecule is CC(=O)c1cc2c(s1)-c1ccc(OCCN3CCCCC3)cc1CC2. The van der Waals surface area contributed by atoms with E-state index in [1.165, 1.54) is 53.9 Å². The number of likely N-dealkylation sites (tertiary alicyclic amines) is 1. The van der Waals surface area contributed by atoms with Crippen molar-refractivity contribution >= 4 is 17.1 Å². The number of carbonyl (C=O) groups is 1. The van der Waals surface area contributed by atoms with Crippen LogP contribution in [0.1, 0.15) is 47.0 Å². The molecule has 1 saturated heterocycles. The minimum Gasteiger partial charge on any atom is -0.492 e. The van der Waals surface area contributed by atoms with E-state index in [1.807, 2.05) is 0 Å². The van der Waals surface area contributed by atoms with Gasteiger partial charge in [-0.25, -0.2) is 0 Å². The molecular formula is C21H25NO2S. The Labute approximate surface area is 153 Å². The summed E-state index contributed by atoms with van der Waals surface area (Å²) in [5.74, 6) is 1.14. The van der Waals surface area contributed by atoms with E-state index in [0.717, 1.165) is 36.6 Å². The Morgan fingerprint density at radius 3 is 2.72 bits per heavy atom. The van der Waals surface area contributed by atoms with Gasteiger partial charge in [-0.3, -0.25) is 9.69 Å². The highest BCUT2D eigenvalue weighted by atomic mass is 32.1. The lowest BCUT2D eigenvalue weighted by Crippen LogP contribution is -2.33. The zero-order valence-corrected chi connectivity index (χ0v) is 15.7. The summed E-state index contributed by atoms with van der Waals surface area (Å²) < 4.78 is 6.01. The molecule has 25 heavy (non-hydrogen) atoms. The van der Waals surface area contributed by atoms with Crippen molar-refractivity contribution in [3.63, 3.8) is 0 Å². The van der Waals surface area contributed by atoms with E-state index in [1.54, 1.807) is 18.3 Å². The molecule has 0 radical (unpaired) electrons. The number of ketones is 1. The van der Waals surface area contributed by atoms with E-state index in [9.17, 15) is 4.79 Å². The molecule has 1 aromatic carbocycles. The molecule has 1 aliphatic heterocycles. The molecule has 2 aromatic rings. The second kappa shape index (κ2) is 7.30. The highest BCUT2D eigenvalue weighted by Gasteiger charge is 2.21. The molecule has 3 nitrogen and oxygen atoms in total. The molecule has 2 aliphatic rings. The summed E-state index contributed by atoms with van der Waals surface area (Å²) >= 11 is 1.63. The molecule has 0 N–H and O–H groups in total. The van der Waals surface area contributed by atoms with Gasteiger partial charge in [-0.2, -0.15) is 0 Å². The van der Waals surface area contributed by atoms with Gasteiger partial charge in [0, 0.05) is 11.4 Å². The van der Waals surface area contributed by atoms with Crippen molar-refractivity contribution in [2.24, 2.45) is 0 Å². The van der Waals surface area contributed by atoms with Crippen LogP contribution in [0.3, 0.4) is 0 Å². The maximum Gasteiger partial charge on any atom is 0.169 e. The number of aryl methyl sites for hydroxylation is 2. The Morgan fingerprint density at radius 2 is 1.92 bits per heavy atom. The van der Waals surface area contributed by atoms with Crippen LogP contribution in [0.25, 0.3) is 10.4 Å². The summed E-state index contributed by atoms with van der Waals surface area (Å²) in [5, 5.41) is 0. The molecule has 1 aromatic heterocycles. The number of rotatable bonds is 5. The first-order valence-electron chi connectivity index (χ1n) is 9.33. The van der Waals surface area contributed by atoms with E-state index >= 15 is 0 Å². The molecule has 1 aliphatic carbocycles. The van der Waals surface area contributed by atoms with E-state index in [0.29, 0.717) is 0 Å². The van der Waals surface area contributed by atoms with Gasteiger partial charge in [-0.15, -0.1) is 11.3 Å². The number of ether oxygens (including phenoxy) is 1. The van der Waals surface area contributed by atoms with Crippen LogP contribution in [0, 0.1) is 0 Å². The summed E-state index contributed by atoms with van der Waals surface area (Å²) in [5.41, 5.74) is 3.95. The third-order valence-corrected chi connectivity index (χ3v) is 6.58. The molecule has 132 valence electrons. The average molecular weight is 356 g/mol. The largest absolute Gasteiger partial charge is 0.492 e. The predicted molar refractivity (Wildman–Crippen MR) is 103 cm³/mol. The molecule has 0 atom stereocenters. The van der Waals surface area contributed by atoms with Crippen LogP contribution >= 0.6 is 11.3 Å². The first-order chi connectivity index (χ1) is 12.2. The normalized spacial score (nSPS) is 17.0. The minimum absolute atomic E-state index is 0.165. The zero-order chi connectivity index (χ0) is 17.2. The van der Waals surface area contributed by atoms with E-state index in [-0.39, 0.29) is 5.78 Å². The summed E-state index contributed by atoms with van der Waals surface area (Å²) in [6.07, 6.45) is 6.07. The fourth-order valence-electron chi connectivity index (χ4n) is 3.85. The van der Waals surface area contributed by atoms with Gasteiger partial charge < -0.3 is 4.74 Å². The van der Waals surface area contributed by atoms with Crippen LogP contribution in [-0.2, 0) is 12.8 Å². The van der Waals surface area contributed by atoms with Crippen LogP contribution in [0.15, 0.2) is 24.3 Å². The van der Waals surface area contributed by atoms with Crippen LogP contribution in [0.5, 0.6) is 5.75 Å². The Morgan fingerprint density at radius 1 is 1.12 bits per heavy atom. The summed E-state index contributed by atoms with van der Waals surface area (Å²) in [6.45, 7) is 5.86. The number of hydrogen-bond donors (Lipinski definition) is 0. The van der Waals surface area contributed by atoms with Crippen LogP contribution in [-0.4, -0.2) is 36.9 Å². The lowest BCUT2D eigenvalue weighted by molar-refractivity contribution is 0.102. The van der Waals surface area contributed by atoms with Gasteiger partial charge in [-0.1, -0.05) is 6.42 Å². The second-order valence-electron chi connectivity index (χ2n) is 7.09. The molecule has 0 amide bonds. The van der Waals surface area contributed by atoms with Gasteiger partial charge in [-0.05, 0) is 86.7 Å². The zero-order valence-electron chi connectivity index (χ0n) is 14.8. The van der Waals surface area contributed by atoms with Gasteiger partial charge >= 0.3 is 0 Å². The Bertz CT molecular complexity index is 774. The van der Waals surface area contributed by atoms with Gasteiger partial charge in [0.25, 0.3) is 0 Å². The second-order valence-corrected chi connectivity index (χ2v) is 8.14. The highest BCUT2D eigenvalue weighted by Crippen LogP contribution is 2.40. The minimum atomic E-state index is 0.165. The predicted octanol–water partition coefficient (Wildman–Crippen LogP) is 4.58. The topological polar surface area (TPSA) is 29.5 Å². The quantitative estimate of drug-likeness (QED) is 0.735. The lowest BCUT2D eigenvalue weighted by Gasteiger charge is -2.26. The average Bonchev–Trinajstić information content (AvgIpc) is 3.07. The van der Waals surface area contributed by atoms with Crippen LogP contribution in [0.2, 0.25) is 0 Å². The van der Waals surface area contributed by atoms with Gasteiger partial charge in [0.15, 0.2) is 5.78 Å². The Kier molecular flexibility index (Phi) is 4.91. The maximum absolute atomic E-state index is 11.7. The van der Waals surface area contributed by atoms with Crippen molar-refractivity contribution < 1.29 is 9.53 Å². The standard InChI is InChI=1S/C21H25NO2S/c1-15(23)20-14-17-6-5-16-13-18(7-8-19(16)21(17)25-20)24-12-11-22-9-3-2-4-10-22/h7-8,13-14H,2-6,9-12H2,1H3. The number of fused-ring (bicyclic) bond motifs is 3. The molecule has 2 heterocycles. The smallest absolute Gasteiger partial charge is 0.169 e. The van der Waals surface area contributed by atoms with Crippen molar-refractivity contribution in [3.05, 3.63) is 40.3 Å². The summed E-state index contributed by atoms with van der Waals surface area (Å²) in [4.78, 5) is 16.3. The third kappa shape index (κ3) is 3.65. The van der Waals surface area contributed by atoms with Crippen molar-refractivity contribution in [3.8, 4) is 16.2 Å². The number of nitrogens with zero attached hydrogens (tertiary/aromatic N) is 1. The number of Topliss-reactive ketones (excluding diaryl/α,β-unsaturated/α-hetero) is 1. The highest BCUT2D eigenvalue weighted by molar-refractivity contribution is 7.17. The number of benzene rings is 1. The van der Waals surface area contributed by atoms with Gasteiger partial charge in [0.05, 0.1) is 4.88 Å². The Balaban J connectivity index is 1.44. The van der Waals surface area contributed by atoms with Crippen molar-refractivity contribution in [1.82, 2.24) is 4.90 Å². The van der Waals surface area contributed by atoms with E-state index in [4.69, 9.17) is 4.74 Å². The molecule has 0 bridgehead atoms. The number of thiophene rings is 1. The summed E-state index contributed by atoms with van der Waals surface area (Å²) in [6, 6.07) is 8.53. The van der Waals surface area contributed by atoms with E-state index in [2.05, 4.69) is 29.2 Å². The lowest BCUT2D eigenvalue weighted by atomic mass is 9.91. The van der Waals surface area contributed by atoms with Gasteiger partial charge in [0.2, 0.25) is 0 Å². The molecule has 4 heteroatoms. The molecule has 0 saturated carbocycles. The molecule has 0 spiro atoms. The first-order valence-corrected chi connectivity index (χ1v) is 10.1. The number of carbonyl (C=O) groups excluding carboxylic acids is 1. The number of piperidine rings is 1. The third-order valence-electron chi connectivity index (χ3n) is 5.27. The molecular weight excluding hydrogens is 330 g/mol. The molecule has 1 fully saturated rings. The Hall–Kier alpha value is -1.65. The fraction of sp³-hybridized carbons (Fsp3) is 0.476. The van der Waals surface area contributed by atoms with Crippen molar-refractivity contribution in [2.75, 3.05) is 26.2 Å². The monoisotopic (exact) mass is 355 g/mol. The number of hydrogen-bond acceptors (Lipinski definition) is 4. The fourth-order valence-corrected chi connectivity index (χ4v) is 5.02. The van der Waals surface area contributed by atoms with Crippen molar-refractivity contribution in [1.29, 1.82) is 0 Å². The maximum atomic E-state index is 11.7.